The zero-order chi connectivity index (χ0) is 12.5. The summed E-state index contributed by atoms with van der Waals surface area (Å²) in [5.74, 6) is -1.42. The molecule has 1 heterocycles. The second-order valence-electron chi connectivity index (χ2n) is 2.88. The van der Waals surface area contributed by atoms with Gasteiger partial charge in [0.15, 0.2) is 9.84 Å². The fourth-order valence-electron chi connectivity index (χ4n) is 0.974. The minimum Gasteiger partial charge on any atom is -0.478 e. The summed E-state index contributed by atoms with van der Waals surface area (Å²) in [6.07, 6.45) is 1.51. The van der Waals surface area contributed by atoms with Gasteiger partial charge in [-0.05, 0) is 0 Å². The van der Waals surface area contributed by atoms with E-state index in [2.05, 4.69) is 4.98 Å². The lowest BCUT2D eigenvalue weighted by atomic mass is 10.3. The molecule has 8 nitrogen and oxygen atoms in total. The number of rotatable bonds is 3. The fourth-order valence-corrected chi connectivity index (χ4v) is 1.73. The monoisotopic (exact) mass is 246 g/mol. The molecule has 0 unspecified atom stereocenters. The lowest BCUT2D eigenvalue weighted by molar-refractivity contribution is -0.388. The standard InChI is InChI=1S/C7H6N2O6S/c1-16(14,15)6-5(9(12)13)2-4(3-8-6)7(10)11/h2-3H,1H3,(H,10,11). The van der Waals surface area contributed by atoms with Crippen LogP contribution in [0, 0.1) is 10.1 Å². The zero-order valence-corrected chi connectivity index (χ0v) is 8.76. The van der Waals surface area contributed by atoms with E-state index in [-0.39, 0.29) is 0 Å². The summed E-state index contributed by atoms with van der Waals surface area (Å²) in [6.45, 7) is 0. The molecule has 1 rings (SSSR count). The van der Waals surface area contributed by atoms with E-state index in [9.17, 15) is 23.3 Å². The Labute approximate surface area is 89.6 Å². The van der Waals surface area contributed by atoms with Crippen molar-refractivity contribution >= 4 is 21.5 Å². The van der Waals surface area contributed by atoms with E-state index in [0.717, 1.165) is 12.5 Å². The highest BCUT2D eigenvalue weighted by molar-refractivity contribution is 7.90. The second-order valence-corrected chi connectivity index (χ2v) is 4.81. The highest BCUT2D eigenvalue weighted by Crippen LogP contribution is 2.22. The number of carboxylic acid groups (broad SMARTS) is 1. The minimum absolute atomic E-state index is 0.445. The molecule has 0 radical (unpaired) electrons. The summed E-state index contributed by atoms with van der Waals surface area (Å²) >= 11 is 0. The maximum Gasteiger partial charge on any atom is 0.337 e. The average Bonchev–Trinajstić information content (AvgIpc) is 2.15. The summed E-state index contributed by atoms with van der Waals surface area (Å²) in [5.41, 5.74) is -1.29. The molecular weight excluding hydrogens is 240 g/mol. The number of carboxylic acids is 1. The summed E-state index contributed by atoms with van der Waals surface area (Å²) in [4.78, 5) is 23.4. The third kappa shape index (κ3) is 2.31. The SMILES string of the molecule is CS(=O)(=O)c1ncc(C(=O)O)cc1[N+](=O)[O-]. The van der Waals surface area contributed by atoms with Crippen LogP contribution in [0.15, 0.2) is 17.3 Å². The molecule has 0 aliphatic rings. The number of nitro groups is 1. The van der Waals surface area contributed by atoms with Crippen molar-refractivity contribution < 1.29 is 23.2 Å². The number of hydrogen-bond acceptors (Lipinski definition) is 6. The Morgan fingerprint density at radius 3 is 2.50 bits per heavy atom. The first-order chi connectivity index (χ1) is 7.23. The Kier molecular flexibility index (Phi) is 2.90. The molecule has 86 valence electrons. The number of aromatic nitrogens is 1. The van der Waals surface area contributed by atoms with Crippen molar-refractivity contribution in [3.8, 4) is 0 Å². The Balaban J connectivity index is 3.55. The van der Waals surface area contributed by atoms with Gasteiger partial charge in [0, 0.05) is 18.5 Å². The van der Waals surface area contributed by atoms with Gasteiger partial charge >= 0.3 is 11.7 Å². The largest absolute Gasteiger partial charge is 0.478 e. The van der Waals surface area contributed by atoms with Crippen molar-refractivity contribution in [3.05, 3.63) is 27.9 Å². The van der Waals surface area contributed by atoms with E-state index in [1.807, 2.05) is 0 Å². The molecule has 0 saturated carbocycles. The first-order valence-electron chi connectivity index (χ1n) is 3.81. The quantitative estimate of drug-likeness (QED) is 0.591. The summed E-state index contributed by atoms with van der Waals surface area (Å²) in [5, 5.41) is 18.4. The molecule has 1 aromatic heterocycles. The van der Waals surface area contributed by atoms with Gasteiger partial charge in [-0.3, -0.25) is 10.1 Å². The number of hydrogen-bond donors (Lipinski definition) is 1. The minimum atomic E-state index is -3.87. The van der Waals surface area contributed by atoms with E-state index in [4.69, 9.17) is 5.11 Å². The molecule has 0 bridgehead atoms. The molecule has 0 atom stereocenters. The molecule has 0 fully saturated rings. The number of carbonyl (C=O) groups is 1. The van der Waals surface area contributed by atoms with Crippen LogP contribution in [0.4, 0.5) is 5.69 Å². The highest BCUT2D eigenvalue weighted by Gasteiger charge is 2.25. The molecular formula is C7H6N2O6S. The van der Waals surface area contributed by atoms with Gasteiger partial charge in [0.25, 0.3) is 0 Å². The van der Waals surface area contributed by atoms with Crippen LogP contribution in [0.25, 0.3) is 0 Å². The molecule has 0 aliphatic carbocycles. The highest BCUT2D eigenvalue weighted by atomic mass is 32.2. The fraction of sp³-hybridized carbons (Fsp3) is 0.143. The molecule has 0 aromatic carbocycles. The molecule has 1 N–H and O–H groups in total. The van der Waals surface area contributed by atoms with Crippen molar-refractivity contribution in [1.82, 2.24) is 4.98 Å². The van der Waals surface area contributed by atoms with E-state index in [0.29, 0.717) is 6.07 Å². The van der Waals surface area contributed by atoms with E-state index < -0.39 is 37.0 Å². The van der Waals surface area contributed by atoms with Gasteiger partial charge in [-0.15, -0.1) is 0 Å². The third-order valence-electron chi connectivity index (χ3n) is 1.63. The van der Waals surface area contributed by atoms with Gasteiger partial charge < -0.3 is 5.11 Å². The second kappa shape index (κ2) is 3.85. The Bertz CT molecular complexity index is 564. The van der Waals surface area contributed by atoms with E-state index in [1.54, 1.807) is 0 Å². The summed E-state index contributed by atoms with van der Waals surface area (Å²) in [7, 11) is -3.87. The third-order valence-corrected chi connectivity index (χ3v) is 2.64. The number of nitrogens with zero attached hydrogens (tertiary/aromatic N) is 2. The maximum atomic E-state index is 11.1. The molecule has 0 amide bonds. The van der Waals surface area contributed by atoms with Crippen LogP contribution in [0.2, 0.25) is 0 Å². The molecule has 0 aliphatic heterocycles. The van der Waals surface area contributed by atoms with Crippen LogP contribution < -0.4 is 0 Å². The van der Waals surface area contributed by atoms with Crippen LogP contribution in [-0.2, 0) is 9.84 Å². The van der Waals surface area contributed by atoms with Gasteiger partial charge in [0.2, 0.25) is 5.03 Å². The smallest absolute Gasteiger partial charge is 0.337 e. The lowest BCUT2D eigenvalue weighted by Crippen LogP contribution is -2.08. The van der Waals surface area contributed by atoms with Gasteiger partial charge in [-0.25, -0.2) is 18.2 Å². The predicted octanol–water partition coefficient (Wildman–Crippen LogP) is 0.0915. The van der Waals surface area contributed by atoms with E-state index in [1.165, 1.54) is 0 Å². The van der Waals surface area contributed by atoms with Crippen molar-refractivity contribution in [2.75, 3.05) is 6.26 Å². The van der Waals surface area contributed by atoms with Crippen molar-refractivity contribution in [2.24, 2.45) is 0 Å². The van der Waals surface area contributed by atoms with Crippen LogP contribution in [0.5, 0.6) is 0 Å². The van der Waals surface area contributed by atoms with Crippen LogP contribution in [0.1, 0.15) is 10.4 Å². The zero-order valence-electron chi connectivity index (χ0n) is 7.95. The first kappa shape index (κ1) is 12.0. The van der Waals surface area contributed by atoms with Gasteiger partial charge in [-0.2, -0.15) is 0 Å². The molecule has 1 aromatic rings. The number of pyridine rings is 1. The van der Waals surface area contributed by atoms with Gasteiger partial charge in [0.05, 0.1) is 10.5 Å². The average molecular weight is 246 g/mol. The number of sulfone groups is 1. The normalized spacial score (nSPS) is 11.1. The molecule has 9 heteroatoms. The van der Waals surface area contributed by atoms with Gasteiger partial charge in [0.1, 0.15) is 0 Å². The first-order valence-corrected chi connectivity index (χ1v) is 5.70. The van der Waals surface area contributed by atoms with Crippen LogP contribution >= 0.6 is 0 Å². The van der Waals surface area contributed by atoms with Gasteiger partial charge in [-0.1, -0.05) is 0 Å². The summed E-state index contributed by atoms with van der Waals surface area (Å²) < 4.78 is 22.2. The van der Waals surface area contributed by atoms with E-state index >= 15 is 0 Å². The molecule has 16 heavy (non-hydrogen) atoms. The summed E-state index contributed by atoms with van der Waals surface area (Å²) in [6, 6.07) is 0.658. The van der Waals surface area contributed by atoms with Crippen molar-refractivity contribution in [3.63, 3.8) is 0 Å². The maximum absolute atomic E-state index is 11.1. The Morgan fingerprint density at radius 2 is 2.12 bits per heavy atom. The van der Waals surface area contributed by atoms with Crippen LogP contribution in [-0.4, -0.2) is 35.7 Å². The van der Waals surface area contributed by atoms with Crippen molar-refractivity contribution in [2.45, 2.75) is 5.03 Å². The Morgan fingerprint density at radius 1 is 1.56 bits per heavy atom. The number of aromatic carboxylic acids is 1. The Hall–Kier alpha value is -2.03. The van der Waals surface area contributed by atoms with Crippen LogP contribution in [0.3, 0.4) is 0 Å². The van der Waals surface area contributed by atoms with Crippen molar-refractivity contribution in [1.29, 1.82) is 0 Å². The predicted molar refractivity (Wildman–Crippen MR) is 51.0 cm³/mol. The molecule has 0 spiro atoms. The topological polar surface area (TPSA) is 127 Å². The molecule has 0 saturated heterocycles. The lowest BCUT2D eigenvalue weighted by Gasteiger charge is -2.00.